The van der Waals surface area contributed by atoms with E-state index in [0.717, 1.165) is 39.6 Å². The minimum Gasteiger partial charge on any atom is -0.455 e. The van der Waals surface area contributed by atoms with Gasteiger partial charge < -0.3 is 4.42 Å². The summed E-state index contributed by atoms with van der Waals surface area (Å²) in [6.07, 6.45) is 2.08. The van der Waals surface area contributed by atoms with E-state index in [2.05, 4.69) is 31.3 Å². The first-order valence-corrected chi connectivity index (χ1v) is 9.81. The maximum absolute atomic E-state index is 14.6. The molecule has 2 nitrogen and oxygen atoms in total. The van der Waals surface area contributed by atoms with Gasteiger partial charge in [0.05, 0.1) is 10.9 Å². The summed E-state index contributed by atoms with van der Waals surface area (Å²) in [6.45, 7) is 4.08. The van der Waals surface area contributed by atoms with Gasteiger partial charge in [-0.1, -0.05) is 42.5 Å². The number of aryl methyl sites for hydroxylation is 3. The summed E-state index contributed by atoms with van der Waals surface area (Å²) in [5, 5.41) is 0.954. The minimum absolute atomic E-state index is 0.215. The molecule has 30 heavy (non-hydrogen) atoms. The fourth-order valence-corrected chi connectivity index (χ4v) is 4.26. The van der Waals surface area contributed by atoms with Crippen LogP contribution in [-0.2, 0) is 7.05 Å². The van der Waals surface area contributed by atoms with E-state index in [1.54, 1.807) is 0 Å². The van der Waals surface area contributed by atoms with Crippen molar-refractivity contribution in [3.05, 3.63) is 89.6 Å². The van der Waals surface area contributed by atoms with E-state index in [0.29, 0.717) is 16.4 Å². The van der Waals surface area contributed by atoms with Crippen molar-refractivity contribution in [3.8, 4) is 22.4 Å². The van der Waals surface area contributed by atoms with Crippen LogP contribution in [0, 0.1) is 25.5 Å². The van der Waals surface area contributed by atoms with E-state index in [1.807, 2.05) is 48.9 Å². The largest absolute Gasteiger partial charge is 0.455 e. The SMILES string of the molecule is Cc1c[n+](C)c(-c2c(C)ccc3c2oc2cc(F)cc(F)c23)cc1-c1ccccc1. The summed E-state index contributed by atoms with van der Waals surface area (Å²) in [5.41, 5.74) is 7.00. The van der Waals surface area contributed by atoms with Gasteiger partial charge in [-0.3, -0.25) is 0 Å². The number of furan rings is 1. The molecule has 0 amide bonds. The second-order valence-corrected chi connectivity index (χ2v) is 7.73. The van der Waals surface area contributed by atoms with Gasteiger partial charge in [-0.05, 0) is 30.5 Å². The fraction of sp³-hybridized carbons (Fsp3) is 0.115. The van der Waals surface area contributed by atoms with Crippen LogP contribution < -0.4 is 4.57 Å². The van der Waals surface area contributed by atoms with Gasteiger partial charge in [-0.25, -0.2) is 13.3 Å². The molecule has 0 aliphatic carbocycles. The van der Waals surface area contributed by atoms with E-state index < -0.39 is 11.6 Å². The summed E-state index contributed by atoms with van der Waals surface area (Å²) in [4.78, 5) is 0. The summed E-state index contributed by atoms with van der Waals surface area (Å²) < 4.78 is 36.4. The summed E-state index contributed by atoms with van der Waals surface area (Å²) >= 11 is 0. The molecule has 2 aromatic heterocycles. The predicted octanol–water partition coefficient (Wildman–Crippen LogP) is 6.64. The van der Waals surface area contributed by atoms with E-state index in [4.69, 9.17) is 4.42 Å². The molecule has 0 aliphatic rings. The molecule has 3 aromatic carbocycles. The average Bonchev–Trinajstić information content (AvgIpc) is 3.08. The lowest BCUT2D eigenvalue weighted by Crippen LogP contribution is -2.31. The topological polar surface area (TPSA) is 17.0 Å². The molecule has 0 atom stereocenters. The molecule has 0 aliphatic heterocycles. The number of halogens is 2. The highest BCUT2D eigenvalue weighted by molar-refractivity contribution is 6.10. The predicted molar refractivity (Wildman–Crippen MR) is 115 cm³/mol. The van der Waals surface area contributed by atoms with Gasteiger partial charge in [0.15, 0.2) is 6.20 Å². The quantitative estimate of drug-likeness (QED) is 0.304. The monoisotopic (exact) mass is 400 g/mol. The van der Waals surface area contributed by atoms with E-state index in [1.165, 1.54) is 6.07 Å². The van der Waals surface area contributed by atoms with Crippen LogP contribution in [0.25, 0.3) is 44.3 Å². The normalized spacial score (nSPS) is 11.5. The van der Waals surface area contributed by atoms with E-state index >= 15 is 0 Å². The molecular formula is C26H20F2NO+. The van der Waals surface area contributed by atoms with Crippen molar-refractivity contribution < 1.29 is 17.8 Å². The zero-order valence-corrected chi connectivity index (χ0v) is 17.0. The molecule has 0 saturated heterocycles. The molecule has 148 valence electrons. The third-order valence-corrected chi connectivity index (χ3v) is 5.68. The van der Waals surface area contributed by atoms with E-state index in [9.17, 15) is 8.78 Å². The number of hydrogen-bond acceptors (Lipinski definition) is 1. The number of fused-ring (bicyclic) bond motifs is 3. The van der Waals surface area contributed by atoms with Crippen LogP contribution in [0.3, 0.4) is 0 Å². The maximum atomic E-state index is 14.6. The molecule has 0 N–H and O–H groups in total. The molecular weight excluding hydrogens is 380 g/mol. The molecule has 5 rings (SSSR count). The number of rotatable bonds is 2. The second-order valence-electron chi connectivity index (χ2n) is 7.73. The second kappa shape index (κ2) is 6.77. The van der Waals surface area contributed by atoms with Crippen LogP contribution in [0.5, 0.6) is 0 Å². The van der Waals surface area contributed by atoms with Gasteiger partial charge in [0.25, 0.3) is 0 Å². The van der Waals surface area contributed by atoms with Crippen molar-refractivity contribution in [1.82, 2.24) is 0 Å². The lowest BCUT2D eigenvalue weighted by atomic mass is 9.96. The van der Waals surface area contributed by atoms with Crippen LogP contribution >= 0.6 is 0 Å². The highest BCUT2D eigenvalue weighted by Crippen LogP contribution is 2.39. The zero-order valence-electron chi connectivity index (χ0n) is 17.0. The Morgan fingerprint density at radius 3 is 2.40 bits per heavy atom. The zero-order chi connectivity index (χ0) is 21.0. The Morgan fingerprint density at radius 2 is 1.63 bits per heavy atom. The van der Waals surface area contributed by atoms with E-state index in [-0.39, 0.29) is 5.58 Å². The summed E-state index contributed by atoms with van der Waals surface area (Å²) in [7, 11) is 1.98. The Morgan fingerprint density at radius 1 is 0.867 bits per heavy atom. The fourth-order valence-electron chi connectivity index (χ4n) is 4.26. The minimum atomic E-state index is -0.649. The number of benzene rings is 3. The molecule has 0 radical (unpaired) electrons. The summed E-state index contributed by atoms with van der Waals surface area (Å²) in [5.74, 6) is -1.26. The summed E-state index contributed by atoms with van der Waals surface area (Å²) in [6, 6.07) is 18.3. The molecule has 2 heterocycles. The first-order chi connectivity index (χ1) is 14.4. The standard InChI is InChI=1S/C26H20F2NO/c1-15-9-10-19-25-21(28)11-18(27)12-23(25)30-26(19)24(15)22-13-20(16(2)14-29(22)3)17-7-5-4-6-8-17/h4-14H,1-3H3/q+1. The van der Waals surface area contributed by atoms with Crippen molar-refractivity contribution in [2.24, 2.45) is 7.05 Å². The van der Waals surface area contributed by atoms with Gasteiger partial charge in [0.1, 0.15) is 29.8 Å². The molecule has 0 unspecified atom stereocenters. The van der Waals surface area contributed by atoms with Crippen LogP contribution in [0.15, 0.2) is 71.3 Å². The number of pyridine rings is 1. The molecule has 0 spiro atoms. The van der Waals surface area contributed by atoms with Crippen molar-refractivity contribution >= 4 is 21.9 Å². The number of aromatic nitrogens is 1. The number of hydrogen-bond donors (Lipinski definition) is 0. The Labute approximate surface area is 173 Å². The smallest absolute Gasteiger partial charge is 0.216 e. The van der Waals surface area contributed by atoms with Crippen molar-refractivity contribution in [2.75, 3.05) is 0 Å². The molecule has 0 fully saturated rings. The van der Waals surface area contributed by atoms with Gasteiger partial charge in [0, 0.05) is 29.1 Å². The van der Waals surface area contributed by atoms with Gasteiger partial charge in [0.2, 0.25) is 5.69 Å². The third kappa shape index (κ3) is 2.79. The van der Waals surface area contributed by atoms with Gasteiger partial charge in [-0.2, -0.15) is 0 Å². The highest BCUT2D eigenvalue weighted by atomic mass is 19.1. The van der Waals surface area contributed by atoms with Crippen molar-refractivity contribution in [1.29, 1.82) is 0 Å². The molecule has 0 bridgehead atoms. The van der Waals surface area contributed by atoms with Crippen LogP contribution in [-0.4, -0.2) is 0 Å². The Kier molecular flexibility index (Phi) is 4.17. The third-order valence-electron chi connectivity index (χ3n) is 5.68. The molecule has 4 heteroatoms. The first kappa shape index (κ1) is 18.5. The van der Waals surface area contributed by atoms with Gasteiger partial charge in [-0.15, -0.1) is 0 Å². The number of nitrogens with zero attached hydrogens (tertiary/aromatic N) is 1. The Bertz CT molecular complexity index is 1430. The average molecular weight is 400 g/mol. The van der Waals surface area contributed by atoms with Gasteiger partial charge >= 0.3 is 0 Å². The first-order valence-electron chi connectivity index (χ1n) is 9.81. The Hall–Kier alpha value is -3.53. The molecule has 5 aromatic rings. The van der Waals surface area contributed by atoms with Crippen LogP contribution in [0.4, 0.5) is 8.78 Å². The molecule has 0 saturated carbocycles. The van der Waals surface area contributed by atoms with Crippen LogP contribution in [0.1, 0.15) is 11.1 Å². The van der Waals surface area contributed by atoms with Crippen LogP contribution in [0.2, 0.25) is 0 Å². The van der Waals surface area contributed by atoms with Crippen molar-refractivity contribution in [3.63, 3.8) is 0 Å². The lowest BCUT2D eigenvalue weighted by Gasteiger charge is -2.10. The van der Waals surface area contributed by atoms with Crippen molar-refractivity contribution in [2.45, 2.75) is 13.8 Å². The Balaban J connectivity index is 1.86. The maximum Gasteiger partial charge on any atom is 0.216 e. The lowest BCUT2D eigenvalue weighted by molar-refractivity contribution is -0.660. The highest BCUT2D eigenvalue weighted by Gasteiger charge is 2.23.